The third-order valence-electron chi connectivity index (χ3n) is 3.92. The van der Waals surface area contributed by atoms with E-state index in [-0.39, 0.29) is 6.61 Å². The molecule has 1 saturated heterocycles. The molecule has 0 N–H and O–H groups in total. The molecule has 2 heterocycles. The minimum atomic E-state index is -1.44. The van der Waals surface area contributed by atoms with Crippen molar-refractivity contribution in [2.45, 2.75) is 45.3 Å². The third-order valence-corrected chi connectivity index (χ3v) is 3.92. The molecule has 1 aromatic rings. The predicted octanol–water partition coefficient (Wildman–Crippen LogP) is -0.0982. The Kier molecular flexibility index (Phi) is 7.05. The molecule has 1 aliphatic heterocycles. The molecule has 0 saturated carbocycles. The lowest BCUT2D eigenvalue weighted by Crippen LogP contribution is -2.55. The summed E-state index contributed by atoms with van der Waals surface area (Å²) in [5.41, 5.74) is -0.586. The molecule has 1 fully saturated rings. The number of carbonyl (C=O) groups excluding carboxylic acids is 4. The van der Waals surface area contributed by atoms with Gasteiger partial charge in [0, 0.05) is 20.8 Å². The van der Waals surface area contributed by atoms with Crippen molar-refractivity contribution in [2.75, 3.05) is 13.7 Å². The van der Waals surface area contributed by atoms with E-state index in [9.17, 15) is 29.3 Å². The van der Waals surface area contributed by atoms with E-state index in [1.807, 2.05) is 0 Å². The van der Waals surface area contributed by atoms with Gasteiger partial charge in [0.25, 0.3) is 0 Å². The van der Waals surface area contributed by atoms with Crippen LogP contribution < -0.4 is 0 Å². The topological polar surface area (TPSA) is 175 Å². The molecule has 164 valence electrons. The SMILES string of the molecule is COC(=O)c1c([N+](=O)[O-])ncn1[C@@H]1OC[C@H](OC(C)=O)[C@@H](OC(C)=O)[C@H]1OC(C)=O. The Labute approximate surface area is 169 Å². The van der Waals surface area contributed by atoms with Crippen molar-refractivity contribution >= 4 is 29.7 Å². The summed E-state index contributed by atoms with van der Waals surface area (Å²) < 4.78 is 26.6. The van der Waals surface area contributed by atoms with Crippen LogP contribution in [0.15, 0.2) is 6.33 Å². The molecular formula is C16H19N3O11. The van der Waals surface area contributed by atoms with Crippen molar-refractivity contribution in [1.82, 2.24) is 9.55 Å². The number of nitrogens with zero attached hydrogens (tertiary/aromatic N) is 3. The van der Waals surface area contributed by atoms with Crippen LogP contribution in [0, 0.1) is 10.1 Å². The highest BCUT2D eigenvalue weighted by Gasteiger charge is 2.49. The highest BCUT2D eigenvalue weighted by molar-refractivity contribution is 5.91. The number of methoxy groups -OCH3 is 1. The fraction of sp³-hybridized carbons (Fsp3) is 0.562. The average Bonchev–Trinajstić information content (AvgIpc) is 3.07. The number of hydrogen-bond donors (Lipinski definition) is 0. The van der Waals surface area contributed by atoms with Gasteiger partial charge in [0.05, 0.1) is 13.7 Å². The van der Waals surface area contributed by atoms with Crippen molar-refractivity contribution < 1.29 is 47.8 Å². The third kappa shape index (κ3) is 4.89. The van der Waals surface area contributed by atoms with Crippen molar-refractivity contribution in [3.8, 4) is 0 Å². The molecule has 1 aliphatic rings. The number of rotatable bonds is 6. The predicted molar refractivity (Wildman–Crippen MR) is 91.9 cm³/mol. The standard InChI is InChI=1S/C16H19N3O11/c1-7(20)28-10-5-27-15(13(30-9(3)22)12(10)29-8(2)21)18-6-17-14(19(24)25)11(18)16(23)26-4/h6,10,12-13,15H,5H2,1-4H3/t10-,12+,13+,15+/m0/s1. The van der Waals surface area contributed by atoms with Crippen LogP contribution in [-0.4, -0.2) is 70.4 Å². The number of hydrogen-bond acceptors (Lipinski definition) is 12. The molecule has 4 atom stereocenters. The van der Waals surface area contributed by atoms with E-state index >= 15 is 0 Å². The van der Waals surface area contributed by atoms with Gasteiger partial charge in [0.2, 0.25) is 12.0 Å². The van der Waals surface area contributed by atoms with Gasteiger partial charge in [-0.05, 0) is 9.91 Å². The van der Waals surface area contributed by atoms with E-state index in [1.54, 1.807) is 0 Å². The molecule has 14 heteroatoms. The van der Waals surface area contributed by atoms with Gasteiger partial charge >= 0.3 is 29.7 Å². The van der Waals surface area contributed by atoms with Gasteiger partial charge in [-0.2, -0.15) is 0 Å². The Hall–Kier alpha value is -3.55. The number of aromatic nitrogens is 2. The summed E-state index contributed by atoms with van der Waals surface area (Å²) in [6, 6.07) is 0. The molecule has 0 bridgehead atoms. The number of ether oxygens (including phenoxy) is 5. The molecule has 0 unspecified atom stereocenters. The van der Waals surface area contributed by atoms with Crippen LogP contribution in [0.1, 0.15) is 37.5 Å². The van der Waals surface area contributed by atoms with Gasteiger partial charge in [0.1, 0.15) is 0 Å². The van der Waals surface area contributed by atoms with Crippen molar-refractivity contribution in [3.05, 3.63) is 22.1 Å². The number of imidazole rings is 1. The maximum absolute atomic E-state index is 12.2. The Bertz CT molecular complexity index is 865. The zero-order valence-electron chi connectivity index (χ0n) is 16.4. The summed E-state index contributed by atoms with van der Waals surface area (Å²) in [5, 5.41) is 11.2. The zero-order valence-corrected chi connectivity index (χ0v) is 16.4. The lowest BCUT2D eigenvalue weighted by Gasteiger charge is -2.40. The lowest BCUT2D eigenvalue weighted by atomic mass is 10.0. The minimum absolute atomic E-state index is 0.341. The molecule has 14 nitrogen and oxygen atoms in total. The first-order chi connectivity index (χ1) is 14.1. The van der Waals surface area contributed by atoms with E-state index < -0.39 is 64.9 Å². The van der Waals surface area contributed by atoms with Gasteiger partial charge < -0.3 is 33.8 Å². The summed E-state index contributed by atoms with van der Waals surface area (Å²) in [7, 11) is 1.01. The van der Waals surface area contributed by atoms with Gasteiger partial charge in [-0.1, -0.05) is 0 Å². The molecule has 0 aromatic carbocycles. The Morgan fingerprint density at radius 1 is 1.10 bits per heavy atom. The van der Waals surface area contributed by atoms with Crippen LogP contribution in [0.3, 0.4) is 0 Å². The molecule has 1 aromatic heterocycles. The molecule has 2 rings (SSSR count). The first-order valence-electron chi connectivity index (χ1n) is 8.49. The number of esters is 4. The van der Waals surface area contributed by atoms with Crippen LogP contribution in [-0.2, 0) is 38.1 Å². The zero-order chi connectivity index (χ0) is 22.6. The normalized spacial score (nSPS) is 23.2. The van der Waals surface area contributed by atoms with Crippen molar-refractivity contribution in [3.63, 3.8) is 0 Å². The number of carbonyl (C=O) groups is 4. The minimum Gasteiger partial charge on any atom is -0.464 e. The summed E-state index contributed by atoms with van der Waals surface area (Å²) in [6.07, 6.45) is -4.39. The van der Waals surface area contributed by atoms with Gasteiger partial charge in [-0.3, -0.25) is 19.0 Å². The summed E-state index contributed by atoms with van der Waals surface area (Å²) >= 11 is 0. The van der Waals surface area contributed by atoms with E-state index in [1.165, 1.54) is 0 Å². The van der Waals surface area contributed by atoms with Gasteiger partial charge in [0.15, 0.2) is 24.5 Å². The van der Waals surface area contributed by atoms with Crippen LogP contribution in [0.5, 0.6) is 0 Å². The Balaban J connectivity index is 2.57. The maximum atomic E-state index is 12.2. The van der Waals surface area contributed by atoms with Crippen LogP contribution >= 0.6 is 0 Å². The molecular weight excluding hydrogens is 410 g/mol. The smallest absolute Gasteiger partial charge is 0.396 e. The van der Waals surface area contributed by atoms with Crippen LogP contribution in [0.4, 0.5) is 5.82 Å². The molecule has 0 amide bonds. The summed E-state index contributed by atoms with van der Waals surface area (Å²) in [6.45, 7) is 2.93. The van der Waals surface area contributed by atoms with E-state index in [4.69, 9.17) is 18.9 Å². The lowest BCUT2D eigenvalue weighted by molar-refractivity contribution is -0.389. The quantitative estimate of drug-likeness (QED) is 0.254. The van der Waals surface area contributed by atoms with Gasteiger partial charge in [-0.15, -0.1) is 0 Å². The monoisotopic (exact) mass is 429 g/mol. The Morgan fingerprint density at radius 2 is 1.67 bits per heavy atom. The highest BCUT2D eigenvalue weighted by atomic mass is 16.7. The van der Waals surface area contributed by atoms with E-state index in [0.29, 0.717) is 0 Å². The fourth-order valence-electron chi connectivity index (χ4n) is 2.93. The summed E-state index contributed by atoms with van der Waals surface area (Å²) in [5.74, 6) is -4.23. The van der Waals surface area contributed by atoms with Crippen LogP contribution in [0.2, 0.25) is 0 Å². The molecule has 0 aliphatic carbocycles. The highest BCUT2D eigenvalue weighted by Crippen LogP contribution is 2.33. The molecule has 0 radical (unpaired) electrons. The maximum Gasteiger partial charge on any atom is 0.396 e. The fourth-order valence-corrected chi connectivity index (χ4v) is 2.93. The van der Waals surface area contributed by atoms with Crippen molar-refractivity contribution in [1.29, 1.82) is 0 Å². The van der Waals surface area contributed by atoms with Crippen LogP contribution in [0.25, 0.3) is 0 Å². The average molecular weight is 429 g/mol. The van der Waals surface area contributed by atoms with E-state index in [2.05, 4.69) is 9.72 Å². The largest absolute Gasteiger partial charge is 0.464 e. The number of nitro groups is 1. The summed E-state index contributed by atoms with van der Waals surface area (Å²) in [4.78, 5) is 60.8. The second kappa shape index (κ2) is 9.30. The Morgan fingerprint density at radius 3 is 2.17 bits per heavy atom. The first-order valence-corrected chi connectivity index (χ1v) is 8.49. The second-order valence-corrected chi connectivity index (χ2v) is 6.09. The van der Waals surface area contributed by atoms with Crippen molar-refractivity contribution in [2.24, 2.45) is 0 Å². The molecule has 30 heavy (non-hydrogen) atoms. The molecule has 0 spiro atoms. The van der Waals surface area contributed by atoms with Gasteiger partial charge in [-0.25, -0.2) is 4.79 Å². The first kappa shape index (κ1) is 22.7. The van der Waals surface area contributed by atoms with E-state index in [0.717, 1.165) is 38.8 Å². The second-order valence-electron chi connectivity index (χ2n) is 6.09.